The maximum Gasteiger partial charge on any atom is 1.00 e. The predicted octanol–water partition coefficient (Wildman–Crippen LogP) is -3.71. The first-order valence-corrected chi connectivity index (χ1v) is 3.56. The number of carbonyl (C=O) groups is 1. The van der Waals surface area contributed by atoms with Crippen molar-refractivity contribution in [3.05, 3.63) is 0 Å². The van der Waals surface area contributed by atoms with E-state index in [1.165, 1.54) is 0 Å². The van der Waals surface area contributed by atoms with Gasteiger partial charge in [-0.2, -0.15) is 0 Å². The quantitative estimate of drug-likeness (QED) is 0.447. The van der Waals surface area contributed by atoms with E-state index in [-0.39, 0.29) is 69.8 Å². The summed E-state index contributed by atoms with van der Waals surface area (Å²) in [6, 6.07) is 0. The number of carboxylic acid groups (broad SMARTS) is 1. The summed E-state index contributed by atoms with van der Waals surface area (Å²) in [7, 11) is 0. The first-order chi connectivity index (χ1) is 4.68. The van der Waals surface area contributed by atoms with Crippen molar-refractivity contribution in [2.24, 2.45) is 5.92 Å². The van der Waals surface area contributed by atoms with Crippen LogP contribution < -0.4 is 56.5 Å². The monoisotopic (exact) mass is 182 g/mol. The summed E-state index contributed by atoms with van der Waals surface area (Å²) in [6.45, 7) is 0. The van der Waals surface area contributed by atoms with Crippen molar-refractivity contribution >= 4 is 5.97 Å². The second kappa shape index (κ2) is 5.67. The van der Waals surface area contributed by atoms with Crippen molar-refractivity contribution in [2.75, 3.05) is 0 Å². The zero-order valence-corrected chi connectivity index (χ0v) is 9.87. The number of aliphatic hydroxyl groups is 1. The van der Waals surface area contributed by atoms with Crippen LogP contribution in [0.3, 0.4) is 0 Å². The van der Waals surface area contributed by atoms with Gasteiger partial charge in [-0.1, -0.05) is 0 Å². The molecular formula is C7H11KO3. The fraction of sp³-hybridized carbons (Fsp3) is 0.857. The molecule has 0 saturated heterocycles. The summed E-state index contributed by atoms with van der Waals surface area (Å²) < 4.78 is 0. The largest absolute Gasteiger partial charge is 1.00 e. The molecule has 58 valence electrons. The van der Waals surface area contributed by atoms with E-state index < -0.39 is 5.97 Å². The standard InChI is InChI=1S/C7H12O3.K/c8-6-2-1-5(3-6)4-7(9)10;/h5-6,8H,1-4H2,(H,9,10);/q;+1/p-1/t5-,6-;/m1./s1. The number of aliphatic carboxylic acids is 1. The van der Waals surface area contributed by atoms with E-state index in [4.69, 9.17) is 5.11 Å². The normalized spacial score (nSPS) is 29.5. The van der Waals surface area contributed by atoms with E-state index in [0.717, 1.165) is 12.8 Å². The van der Waals surface area contributed by atoms with Gasteiger partial charge in [0.1, 0.15) is 0 Å². The molecule has 0 heterocycles. The third kappa shape index (κ3) is 4.60. The summed E-state index contributed by atoms with van der Waals surface area (Å²) in [5, 5.41) is 19.1. The van der Waals surface area contributed by atoms with Crippen LogP contribution in [-0.4, -0.2) is 17.2 Å². The topological polar surface area (TPSA) is 60.4 Å². The molecule has 1 rings (SSSR count). The van der Waals surface area contributed by atoms with Crippen LogP contribution in [0.4, 0.5) is 0 Å². The maximum absolute atomic E-state index is 10.1. The van der Waals surface area contributed by atoms with Crippen molar-refractivity contribution in [1.82, 2.24) is 0 Å². The molecule has 0 aromatic rings. The molecule has 4 heteroatoms. The van der Waals surface area contributed by atoms with Gasteiger partial charge in [0.25, 0.3) is 0 Å². The van der Waals surface area contributed by atoms with Gasteiger partial charge < -0.3 is 15.0 Å². The van der Waals surface area contributed by atoms with Gasteiger partial charge in [0, 0.05) is 5.97 Å². The van der Waals surface area contributed by atoms with E-state index in [2.05, 4.69) is 0 Å². The minimum atomic E-state index is -1.00. The number of carboxylic acids is 1. The van der Waals surface area contributed by atoms with Crippen LogP contribution in [0.1, 0.15) is 25.7 Å². The summed E-state index contributed by atoms with van der Waals surface area (Å²) in [5.41, 5.74) is 0. The second-order valence-corrected chi connectivity index (χ2v) is 2.91. The molecule has 0 bridgehead atoms. The SMILES string of the molecule is O=C([O-])C[C@@H]1CC[C@@H](O)C1.[K+]. The minimum Gasteiger partial charge on any atom is -0.550 e. The summed E-state index contributed by atoms with van der Waals surface area (Å²) in [4.78, 5) is 10.1. The van der Waals surface area contributed by atoms with Gasteiger partial charge in [0.05, 0.1) is 6.10 Å². The average Bonchev–Trinajstić information content (AvgIpc) is 2.13. The van der Waals surface area contributed by atoms with E-state index in [1.54, 1.807) is 0 Å². The Morgan fingerprint density at radius 3 is 2.55 bits per heavy atom. The van der Waals surface area contributed by atoms with Crippen LogP contribution >= 0.6 is 0 Å². The number of hydrogen-bond donors (Lipinski definition) is 1. The predicted molar refractivity (Wildman–Crippen MR) is 33.0 cm³/mol. The Labute approximate surface area is 109 Å². The van der Waals surface area contributed by atoms with Gasteiger partial charge in [0.2, 0.25) is 0 Å². The molecule has 0 radical (unpaired) electrons. The minimum absolute atomic E-state index is 0. The molecule has 0 unspecified atom stereocenters. The molecule has 3 nitrogen and oxygen atoms in total. The van der Waals surface area contributed by atoms with E-state index >= 15 is 0 Å². The molecule has 0 spiro atoms. The van der Waals surface area contributed by atoms with Gasteiger partial charge in [-0.3, -0.25) is 0 Å². The number of rotatable bonds is 2. The Morgan fingerprint density at radius 2 is 2.18 bits per heavy atom. The second-order valence-electron chi connectivity index (χ2n) is 2.91. The average molecular weight is 182 g/mol. The van der Waals surface area contributed by atoms with Gasteiger partial charge >= 0.3 is 51.4 Å². The molecule has 1 fully saturated rings. The van der Waals surface area contributed by atoms with Crippen LogP contribution in [0.25, 0.3) is 0 Å². The number of aliphatic hydroxyl groups excluding tert-OH is 1. The van der Waals surface area contributed by atoms with Gasteiger partial charge in [0.15, 0.2) is 0 Å². The molecule has 1 N–H and O–H groups in total. The van der Waals surface area contributed by atoms with Crippen molar-refractivity contribution in [1.29, 1.82) is 0 Å². The van der Waals surface area contributed by atoms with E-state index in [9.17, 15) is 9.90 Å². The Balaban J connectivity index is 0.000001000. The zero-order chi connectivity index (χ0) is 7.56. The Bertz CT molecular complexity index is 138. The van der Waals surface area contributed by atoms with E-state index in [1.807, 2.05) is 0 Å². The molecule has 2 atom stereocenters. The summed E-state index contributed by atoms with van der Waals surface area (Å²) in [5.74, 6) is -0.848. The summed E-state index contributed by atoms with van der Waals surface area (Å²) in [6.07, 6.45) is 2.04. The fourth-order valence-electron chi connectivity index (χ4n) is 1.47. The Kier molecular flexibility index (Phi) is 6.22. The molecule has 1 aliphatic rings. The molecule has 0 aromatic carbocycles. The molecule has 11 heavy (non-hydrogen) atoms. The molecule has 0 amide bonds. The zero-order valence-electron chi connectivity index (χ0n) is 6.75. The number of carbonyl (C=O) groups excluding carboxylic acids is 1. The van der Waals surface area contributed by atoms with Crippen molar-refractivity contribution in [3.8, 4) is 0 Å². The van der Waals surface area contributed by atoms with Gasteiger partial charge in [-0.25, -0.2) is 0 Å². The van der Waals surface area contributed by atoms with Crippen LogP contribution in [0.2, 0.25) is 0 Å². The van der Waals surface area contributed by atoms with Crippen LogP contribution in [-0.2, 0) is 4.79 Å². The van der Waals surface area contributed by atoms with Crippen LogP contribution in [0.5, 0.6) is 0 Å². The van der Waals surface area contributed by atoms with E-state index in [0.29, 0.717) is 6.42 Å². The smallest absolute Gasteiger partial charge is 0.550 e. The van der Waals surface area contributed by atoms with Crippen LogP contribution in [0, 0.1) is 5.92 Å². The molecular weight excluding hydrogens is 171 g/mol. The number of hydrogen-bond acceptors (Lipinski definition) is 3. The van der Waals surface area contributed by atoms with Crippen molar-refractivity contribution in [2.45, 2.75) is 31.8 Å². The molecule has 1 saturated carbocycles. The van der Waals surface area contributed by atoms with Crippen molar-refractivity contribution < 1.29 is 66.4 Å². The summed E-state index contributed by atoms with van der Waals surface area (Å²) >= 11 is 0. The third-order valence-electron chi connectivity index (χ3n) is 1.97. The van der Waals surface area contributed by atoms with Gasteiger partial charge in [-0.15, -0.1) is 0 Å². The Hall–Kier alpha value is 1.07. The van der Waals surface area contributed by atoms with Gasteiger partial charge in [-0.05, 0) is 31.6 Å². The third-order valence-corrected chi connectivity index (χ3v) is 1.97. The first kappa shape index (κ1) is 12.1. The fourth-order valence-corrected chi connectivity index (χ4v) is 1.47. The van der Waals surface area contributed by atoms with Crippen LogP contribution in [0.15, 0.2) is 0 Å². The molecule has 1 aliphatic carbocycles. The first-order valence-electron chi connectivity index (χ1n) is 3.56. The molecule has 0 aromatic heterocycles. The maximum atomic E-state index is 10.1. The molecule has 0 aliphatic heterocycles. The van der Waals surface area contributed by atoms with Crippen molar-refractivity contribution in [3.63, 3.8) is 0 Å². The Morgan fingerprint density at radius 1 is 1.55 bits per heavy atom.